The Morgan fingerprint density at radius 3 is 2.45 bits per heavy atom. The van der Waals surface area contributed by atoms with E-state index in [9.17, 15) is 0 Å². The van der Waals surface area contributed by atoms with Gasteiger partial charge in [0.2, 0.25) is 0 Å². The summed E-state index contributed by atoms with van der Waals surface area (Å²) in [5.74, 6) is 0.510. The highest BCUT2D eigenvalue weighted by molar-refractivity contribution is 7.15. The molecule has 0 spiro atoms. The van der Waals surface area contributed by atoms with E-state index in [1.807, 2.05) is 25.9 Å². The molecule has 0 aliphatic heterocycles. The number of aromatic nitrogens is 1. The monoisotopic (exact) mass is 190 g/mol. The number of aryl methyl sites for hydroxylation is 1. The predicted molar refractivity (Wildman–Crippen MR) is 50.7 cm³/mol. The fourth-order valence-corrected chi connectivity index (χ4v) is 1.92. The quantitative estimate of drug-likeness (QED) is 0.666. The third-order valence-electron chi connectivity index (χ3n) is 1.39. The molecule has 0 amide bonds. The maximum atomic E-state index is 5.68. The lowest BCUT2D eigenvalue weighted by Crippen LogP contribution is -2.07. The minimum Gasteiger partial charge on any atom is -0.354 e. The minimum atomic E-state index is 0.510. The van der Waals surface area contributed by atoms with E-state index in [1.165, 1.54) is 4.88 Å². The SMILES string of the molecule is Cc1sc(N(C)C)nc1CCl. The van der Waals surface area contributed by atoms with Crippen molar-refractivity contribution < 1.29 is 0 Å². The van der Waals surface area contributed by atoms with E-state index < -0.39 is 0 Å². The summed E-state index contributed by atoms with van der Waals surface area (Å²) in [5.41, 5.74) is 1.00. The molecule has 0 bridgehead atoms. The molecule has 0 N–H and O–H groups in total. The Kier molecular flexibility index (Phi) is 2.73. The van der Waals surface area contributed by atoms with Crippen LogP contribution >= 0.6 is 22.9 Å². The van der Waals surface area contributed by atoms with Gasteiger partial charge in [0, 0.05) is 19.0 Å². The van der Waals surface area contributed by atoms with Crippen molar-refractivity contribution in [3.63, 3.8) is 0 Å². The van der Waals surface area contributed by atoms with Gasteiger partial charge < -0.3 is 4.90 Å². The number of thiazole rings is 1. The Labute approximate surface area is 75.8 Å². The first kappa shape index (κ1) is 8.81. The van der Waals surface area contributed by atoms with E-state index in [-0.39, 0.29) is 0 Å². The normalized spacial score (nSPS) is 10.2. The van der Waals surface area contributed by atoms with Gasteiger partial charge in [0.15, 0.2) is 5.13 Å². The maximum absolute atomic E-state index is 5.68. The van der Waals surface area contributed by atoms with Crippen LogP contribution in [0, 0.1) is 6.92 Å². The van der Waals surface area contributed by atoms with Crippen LogP contribution < -0.4 is 4.90 Å². The number of hydrogen-bond donors (Lipinski definition) is 0. The van der Waals surface area contributed by atoms with Crippen LogP contribution in [0.4, 0.5) is 5.13 Å². The molecule has 0 radical (unpaired) electrons. The summed E-state index contributed by atoms with van der Waals surface area (Å²) in [6.45, 7) is 2.04. The van der Waals surface area contributed by atoms with Crippen LogP contribution in [-0.2, 0) is 5.88 Å². The van der Waals surface area contributed by atoms with Gasteiger partial charge in [-0.25, -0.2) is 4.98 Å². The summed E-state index contributed by atoms with van der Waals surface area (Å²) in [6.07, 6.45) is 0. The molecule has 1 rings (SSSR count). The van der Waals surface area contributed by atoms with Crippen molar-refractivity contribution in [2.24, 2.45) is 0 Å². The van der Waals surface area contributed by atoms with Gasteiger partial charge >= 0.3 is 0 Å². The zero-order valence-corrected chi connectivity index (χ0v) is 8.46. The van der Waals surface area contributed by atoms with Crippen LogP contribution in [0.15, 0.2) is 0 Å². The zero-order valence-electron chi connectivity index (χ0n) is 6.89. The molecule has 0 atom stereocenters. The molecule has 1 aromatic heterocycles. The van der Waals surface area contributed by atoms with Crippen molar-refractivity contribution in [1.82, 2.24) is 4.98 Å². The summed E-state index contributed by atoms with van der Waals surface area (Å²) >= 11 is 7.35. The molecule has 1 aromatic rings. The second kappa shape index (κ2) is 3.41. The number of nitrogens with zero attached hydrogens (tertiary/aromatic N) is 2. The van der Waals surface area contributed by atoms with Crippen LogP contribution in [-0.4, -0.2) is 19.1 Å². The first-order valence-corrected chi connectivity index (χ1v) is 4.70. The van der Waals surface area contributed by atoms with Gasteiger partial charge in [-0.15, -0.1) is 22.9 Å². The van der Waals surface area contributed by atoms with Crippen molar-refractivity contribution in [1.29, 1.82) is 0 Å². The number of rotatable bonds is 2. The van der Waals surface area contributed by atoms with E-state index >= 15 is 0 Å². The van der Waals surface area contributed by atoms with Crippen molar-refractivity contribution in [3.05, 3.63) is 10.6 Å². The second-order valence-corrected chi connectivity index (χ2v) is 3.98. The van der Waals surface area contributed by atoms with Crippen LogP contribution in [0.25, 0.3) is 0 Å². The molecule has 0 unspecified atom stereocenters. The molecule has 11 heavy (non-hydrogen) atoms. The molecule has 0 aliphatic rings. The minimum absolute atomic E-state index is 0.510. The first-order valence-electron chi connectivity index (χ1n) is 3.34. The van der Waals surface area contributed by atoms with Gasteiger partial charge in [-0.05, 0) is 6.92 Å². The van der Waals surface area contributed by atoms with Crippen molar-refractivity contribution in [3.8, 4) is 0 Å². The lowest BCUT2D eigenvalue weighted by Gasteiger charge is -2.04. The van der Waals surface area contributed by atoms with Crippen molar-refractivity contribution >= 4 is 28.1 Å². The van der Waals surface area contributed by atoms with Gasteiger partial charge in [0.1, 0.15) is 0 Å². The molecule has 62 valence electrons. The molecular weight excluding hydrogens is 180 g/mol. The molecule has 0 fully saturated rings. The molecule has 1 heterocycles. The maximum Gasteiger partial charge on any atom is 0.185 e. The molecule has 0 aromatic carbocycles. The highest BCUT2D eigenvalue weighted by Crippen LogP contribution is 2.24. The van der Waals surface area contributed by atoms with Gasteiger partial charge in [-0.3, -0.25) is 0 Å². The van der Waals surface area contributed by atoms with Gasteiger partial charge in [-0.2, -0.15) is 0 Å². The van der Waals surface area contributed by atoms with E-state index in [0.29, 0.717) is 5.88 Å². The molecule has 2 nitrogen and oxygen atoms in total. The van der Waals surface area contributed by atoms with Gasteiger partial charge in [0.05, 0.1) is 11.6 Å². The summed E-state index contributed by atoms with van der Waals surface area (Å²) < 4.78 is 0. The lowest BCUT2D eigenvalue weighted by molar-refractivity contribution is 1.07. The third-order valence-corrected chi connectivity index (χ3v) is 2.82. The van der Waals surface area contributed by atoms with Crippen LogP contribution in [0.5, 0.6) is 0 Å². The molecule has 0 saturated heterocycles. The number of halogens is 1. The van der Waals surface area contributed by atoms with Gasteiger partial charge in [-0.1, -0.05) is 0 Å². The van der Waals surface area contributed by atoms with Crippen molar-refractivity contribution in [2.75, 3.05) is 19.0 Å². The fourth-order valence-electron chi connectivity index (χ4n) is 0.728. The average Bonchev–Trinajstić information content (AvgIpc) is 2.31. The predicted octanol–water partition coefficient (Wildman–Crippen LogP) is 2.26. The highest BCUT2D eigenvalue weighted by Gasteiger charge is 2.06. The molecular formula is C7H11ClN2S. The summed E-state index contributed by atoms with van der Waals surface area (Å²) in [5, 5.41) is 1.03. The fraction of sp³-hybridized carbons (Fsp3) is 0.571. The Hall–Kier alpha value is -0.280. The largest absolute Gasteiger partial charge is 0.354 e. The summed E-state index contributed by atoms with van der Waals surface area (Å²) in [6, 6.07) is 0. The van der Waals surface area contributed by atoms with Crippen LogP contribution in [0.2, 0.25) is 0 Å². The van der Waals surface area contributed by atoms with Crippen molar-refractivity contribution in [2.45, 2.75) is 12.8 Å². The van der Waals surface area contributed by atoms with E-state index in [0.717, 1.165) is 10.8 Å². The summed E-state index contributed by atoms with van der Waals surface area (Å²) in [7, 11) is 3.96. The number of hydrogen-bond acceptors (Lipinski definition) is 3. The first-order chi connectivity index (χ1) is 5.15. The smallest absolute Gasteiger partial charge is 0.185 e. The topological polar surface area (TPSA) is 16.1 Å². The Morgan fingerprint density at radius 2 is 2.18 bits per heavy atom. The van der Waals surface area contributed by atoms with Crippen LogP contribution in [0.1, 0.15) is 10.6 Å². The van der Waals surface area contributed by atoms with E-state index in [1.54, 1.807) is 11.3 Å². The zero-order chi connectivity index (χ0) is 8.43. The molecule has 0 aliphatic carbocycles. The van der Waals surface area contributed by atoms with Crippen LogP contribution in [0.3, 0.4) is 0 Å². The standard InChI is InChI=1S/C7H11ClN2S/c1-5-6(4-8)9-7(11-5)10(2)3/h4H2,1-3H3. The highest BCUT2D eigenvalue weighted by atomic mass is 35.5. The molecule has 4 heteroatoms. The number of alkyl halides is 1. The summed E-state index contributed by atoms with van der Waals surface area (Å²) in [4.78, 5) is 7.55. The second-order valence-electron chi connectivity index (χ2n) is 2.53. The van der Waals surface area contributed by atoms with E-state index in [4.69, 9.17) is 11.6 Å². The third kappa shape index (κ3) is 1.84. The Morgan fingerprint density at radius 1 is 1.55 bits per heavy atom. The average molecular weight is 191 g/mol. The Bertz CT molecular complexity index is 245. The van der Waals surface area contributed by atoms with E-state index in [2.05, 4.69) is 4.98 Å². The molecule has 0 saturated carbocycles. The lowest BCUT2D eigenvalue weighted by atomic mass is 10.4. The Balaban J connectivity index is 2.95. The van der Waals surface area contributed by atoms with Gasteiger partial charge in [0.25, 0.3) is 0 Å². The number of anilines is 1.